The van der Waals surface area contributed by atoms with Gasteiger partial charge in [-0.1, -0.05) is 38.1 Å². The van der Waals surface area contributed by atoms with Crippen LogP contribution in [0.3, 0.4) is 0 Å². The van der Waals surface area contributed by atoms with Crippen molar-refractivity contribution in [3.63, 3.8) is 0 Å². The Morgan fingerprint density at radius 1 is 1.11 bits per heavy atom. The van der Waals surface area contributed by atoms with Crippen LogP contribution in [0.4, 0.5) is 4.39 Å². The first-order chi connectivity index (χ1) is 18.0. The van der Waals surface area contributed by atoms with Gasteiger partial charge in [-0.05, 0) is 47.0 Å². The highest BCUT2D eigenvalue weighted by atomic mass is 19.1. The fourth-order valence-corrected chi connectivity index (χ4v) is 4.39. The number of hydrogen-bond acceptors (Lipinski definition) is 5. The van der Waals surface area contributed by atoms with Gasteiger partial charge >= 0.3 is 0 Å². The second-order valence-electron chi connectivity index (χ2n) is 9.28. The summed E-state index contributed by atoms with van der Waals surface area (Å²) in [4.78, 5) is 24.9. The summed E-state index contributed by atoms with van der Waals surface area (Å²) in [5, 5.41) is 14.4. The van der Waals surface area contributed by atoms with Gasteiger partial charge in [-0.3, -0.25) is 9.89 Å². The number of halogens is 1. The standard InChI is InChI=1S/C28H24FN7O/c1-15(2)28(37)32-20-10-17(12-30-14-20)18-11-22-25(35-36-26(22)31-13-18)27-33-23-8-4-7-21(24(23)34-27)16-5-3-6-19(29)9-16/h3-11,13-15,30H,12H2,1-2H3,(H,32,37)(H,33,34)(H,31,35,36). The number of fused-ring (bicyclic) bond motifs is 2. The van der Waals surface area contributed by atoms with Crippen LogP contribution in [0.2, 0.25) is 0 Å². The van der Waals surface area contributed by atoms with E-state index in [0.717, 1.165) is 38.7 Å². The number of pyridine rings is 1. The number of carbonyl (C=O) groups excluding carboxylic acids is 1. The summed E-state index contributed by atoms with van der Waals surface area (Å²) >= 11 is 0. The van der Waals surface area contributed by atoms with E-state index >= 15 is 0 Å². The molecule has 8 nitrogen and oxygen atoms in total. The maximum atomic E-state index is 13.9. The molecule has 5 aromatic rings. The van der Waals surface area contributed by atoms with Crippen LogP contribution in [-0.2, 0) is 4.79 Å². The van der Waals surface area contributed by atoms with Gasteiger partial charge in [0.15, 0.2) is 11.5 Å². The monoisotopic (exact) mass is 493 g/mol. The van der Waals surface area contributed by atoms with E-state index < -0.39 is 0 Å². The van der Waals surface area contributed by atoms with Crippen molar-refractivity contribution in [2.45, 2.75) is 13.8 Å². The van der Waals surface area contributed by atoms with E-state index in [2.05, 4.69) is 30.8 Å². The summed E-state index contributed by atoms with van der Waals surface area (Å²) in [6.45, 7) is 4.31. The minimum Gasteiger partial charge on any atom is -0.385 e. The Bertz CT molecular complexity index is 1730. The van der Waals surface area contributed by atoms with E-state index in [1.165, 1.54) is 12.1 Å². The number of imidazole rings is 1. The Kier molecular flexibility index (Phi) is 5.52. The molecule has 37 heavy (non-hydrogen) atoms. The van der Waals surface area contributed by atoms with Gasteiger partial charge in [-0.2, -0.15) is 5.10 Å². The zero-order chi connectivity index (χ0) is 25.5. The number of nitrogens with zero attached hydrogens (tertiary/aromatic N) is 3. The smallest absolute Gasteiger partial charge is 0.226 e. The minimum absolute atomic E-state index is 0.0428. The molecule has 0 bridgehead atoms. The Balaban J connectivity index is 1.39. The molecule has 0 aliphatic carbocycles. The molecule has 4 N–H and O–H groups in total. The van der Waals surface area contributed by atoms with Crippen molar-refractivity contribution in [2.75, 3.05) is 6.54 Å². The molecule has 0 fully saturated rings. The molecule has 0 radical (unpaired) electrons. The normalized spacial score (nSPS) is 13.5. The second kappa shape index (κ2) is 9.02. The molecule has 2 aromatic carbocycles. The average molecular weight is 494 g/mol. The van der Waals surface area contributed by atoms with Crippen molar-refractivity contribution in [1.82, 2.24) is 35.8 Å². The molecular weight excluding hydrogens is 469 g/mol. The van der Waals surface area contributed by atoms with E-state index in [-0.39, 0.29) is 17.6 Å². The topological polar surface area (TPSA) is 111 Å². The number of nitrogens with one attached hydrogen (secondary N) is 4. The van der Waals surface area contributed by atoms with Crippen LogP contribution in [0.15, 0.2) is 72.7 Å². The van der Waals surface area contributed by atoms with Crippen molar-refractivity contribution in [2.24, 2.45) is 5.92 Å². The van der Waals surface area contributed by atoms with Crippen LogP contribution < -0.4 is 10.6 Å². The van der Waals surface area contributed by atoms with Gasteiger partial charge in [0.2, 0.25) is 5.91 Å². The van der Waals surface area contributed by atoms with E-state index in [0.29, 0.717) is 29.4 Å². The number of carbonyl (C=O) groups is 1. The molecule has 1 aliphatic heterocycles. The van der Waals surface area contributed by atoms with Crippen molar-refractivity contribution in [1.29, 1.82) is 0 Å². The minimum atomic E-state index is -0.296. The number of dihydropyridines is 1. The summed E-state index contributed by atoms with van der Waals surface area (Å²) in [5.74, 6) is 0.134. The molecule has 6 rings (SSSR count). The highest BCUT2D eigenvalue weighted by Gasteiger charge is 2.18. The average Bonchev–Trinajstić information content (AvgIpc) is 3.52. The molecule has 0 atom stereocenters. The van der Waals surface area contributed by atoms with Gasteiger partial charge in [-0.15, -0.1) is 0 Å². The molecule has 184 valence electrons. The first-order valence-electron chi connectivity index (χ1n) is 12.0. The number of H-pyrrole nitrogens is 2. The zero-order valence-corrected chi connectivity index (χ0v) is 20.3. The largest absolute Gasteiger partial charge is 0.385 e. The van der Waals surface area contributed by atoms with Crippen molar-refractivity contribution in [3.05, 3.63) is 84.1 Å². The van der Waals surface area contributed by atoms with E-state index in [9.17, 15) is 9.18 Å². The Morgan fingerprint density at radius 3 is 2.81 bits per heavy atom. The molecule has 0 saturated heterocycles. The third-order valence-corrected chi connectivity index (χ3v) is 6.33. The van der Waals surface area contributed by atoms with E-state index in [4.69, 9.17) is 4.98 Å². The van der Waals surface area contributed by atoms with Gasteiger partial charge < -0.3 is 15.6 Å². The van der Waals surface area contributed by atoms with Crippen LogP contribution in [0, 0.1) is 11.7 Å². The number of benzene rings is 2. The number of hydrogen-bond donors (Lipinski definition) is 4. The molecular formula is C28H24FN7O. The Labute approximate surface area is 211 Å². The van der Waals surface area contributed by atoms with Crippen molar-refractivity contribution in [3.8, 4) is 22.6 Å². The van der Waals surface area contributed by atoms with Gasteiger partial charge in [0.05, 0.1) is 22.1 Å². The number of amides is 1. The number of aromatic nitrogens is 5. The fraction of sp³-hybridized carbons (Fsp3) is 0.143. The van der Waals surface area contributed by atoms with Crippen LogP contribution in [0.25, 0.3) is 50.3 Å². The maximum absolute atomic E-state index is 13.9. The SMILES string of the molecule is CC(C)C(=O)NC1=CNCC(c2cnc3[nH]nc(-c4nc5c(-c6cccc(F)c6)cccc5[nH]4)c3c2)=C1. The predicted molar refractivity (Wildman–Crippen MR) is 141 cm³/mol. The summed E-state index contributed by atoms with van der Waals surface area (Å²) in [6, 6.07) is 14.3. The quantitative estimate of drug-likeness (QED) is 0.278. The Morgan fingerprint density at radius 2 is 1.97 bits per heavy atom. The number of allylic oxidation sites excluding steroid dienone is 1. The van der Waals surface area contributed by atoms with Gasteiger partial charge in [0.25, 0.3) is 0 Å². The summed E-state index contributed by atoms with van der Waals surface area (Å²) in [5.41, 5.74) is 7.02. The lowest BCUT2D eigenvalue weighted by Gasteiger charge is -2.17. The third kappa shape index (κ3) is 4.24. The Hall–Kier alpha value is -4.79. The number of para-hydroxylation sites is 1. The van der Waals surface area contributed by atoms with Crippen molar-refractivity contribution >= 4 is 33.5 Å². The van der Waals surface area contributed by atoms with E-state index in [1.807, 2.05) is 50.3 Å². The molecule has 0 spiro atoms. The molecule has 0 saturated carbocycles. The summed E-state index contributed by atoms with van der Waals surface area (Å²) in [7, 11) is 0. The van der Waals surface area contributed by atoms with Gasteiger partial charge in [0, 0.05) is 30.4 Å². The molecule has 1 amide bonds. The van der Waals surface area contributed by atoms with Gasteiger partial charge in [-0.25, -0.2) is 14.4 Å². The molecule has 3 aromatic heterocycles. The molecule has 9 heteroatoms. The molecule has 1 aliphatic rings. The lowest BCUT2D eigenvalue weighted by molar-refractivity contribution is -0.123. The number of rotatable bonds is 5. The summed E-state index contributed by atoms with van der Waals surface area (Å²) in [6.07, 6.45) is 5.53. The highest BCUT2D eigenvalue weighted by Crippen LogP contribution is 2.32. The zero-order valence-electron chi connectivity index (χ0n) is 20.3. The molecule has 4 heterocycles. The summed E-state index contributed by atoms with van der Waals surface area (Å²) < 4.78 is 13.9. The van der Waals surface area contributed by atoms with Crippen LogP contribution in [-0.4, -0.2) is 37.6 Å². The van der Waals surface area contributed by atoms with Crippen LogP contribution >= 0.6 is 0 Å². The first-order valence-corrected chi connectivity index (χ1v) is 12.0. The lowest BCUT2D eigenvalue weighted by Crippen LogP contribution is -2.29. The fourth-order valence-electron chi connectivity index (χ4n) is 4.39. The van der Waals surface area contributed by atoms with Gasteiger partial charge in [0.1, 0.15) is 11.5 Å². The maximum Gasteiger partial charge on any atom is 0.226 e. The van der Waals surface area contributed by atoms with Crippen LogP contribution in [0.5, 0.6) is 0 Å². The van der Waals surface area contributed by atoms with Crippen molar-refractivity contribution < 1.29 is 9.18 Å². The third-order valence-electron chi connectivity index (χ3n) is 6.33. The lowest BCUT2D eigenvalue weighted by atomic mass is 10.0. The first kappa shape index (κ1) is 22.7. The highest BCUT2D eigenvalue weighted by molar-refractivity contribution is 5.97. The van der Waals surface area contributed by atoms with E-state index in [1.54, 1.807) is 18.5 Å². The second-order valence-corrected chi connectivity index (χ2v) is 9.28. The van der Waals surface area contributed by atoms with Crippen LogP contribution in [0.1, 0.15) is 19.4 Å². The predicted octanol–water partition coefficient (Wildman–Crippen LogP) is 4.91. The number of aromatic amines is 2. The molecule has 0 unspecified atom stereocenters.